The Morgan fingerprint density at radius 2 is 1.94 bits per heavy atom. The van der Waals surface area contributed by atoms with E-state index in [9.17, 15) is 0 Å². The molecule has 1 saturated carbocycles. The lowest BCUT2D eigenvalue weighted by atomic mass is 9.75. The van der Waals surface area contributed by atoms with Crippen molar-refractivity contribution >= 4 is 0 Å². The highest BCUT2D eigenvalue weighted by Crippen LogP contribution is 2.36. The van der Waals surface area contributed by atoms with Crippen LogP contribution in [0.25, 0.3) is 0 Å². The molecule has 2 unspecified atom stereocenters. The predicted octanol–water partition coefficient (Wildman–Crippen LogP) is 1.31. The minimum Gasteiger partial charge on any atom is -0.324 e. The molecule has 2 aliphatic carbocycles. The molecular weight excluding hydrogens is 210 g/mol. The van der Waals surface area contributed by atoms with Crippen molar-refractivity contribution in [1.82, 2.24) is 9.80 Å². The Kier molecular flexibility index (Phi) is 3.91. The molecule has 0 aromatic carbocycles. The van der Waals surface area contributed by atoms with E-state index in [1.165, 1.54) is 25.8 Å². The summed E-state index contributed by atoms with van der Waals surface area (Å²) in [6, 6.07) is 0.292. The average Bonchev–Trinajstić information content (AvgIpc) is 2.57. The van der Waals surface area contributed by atoms with Gasteiger partial charge in [0.1, 0.15) is 0 Å². The van der Waals surface area contributed by atoms with Crippen LogP contribution >= 0.6 is 0 Å². The van der Waals surface area contributed by atoms with Gasteiger partial charge in [0, 0.05) is 24.7 Å². The highest BCUT2D eigenvalue weighted by Gasteiger charge is 2.39. The second-order valence-electron chi connectivity index (χ2n) is 6.21. The zero-order chi connectivity index (χ0) is 12.5. The third-order valence-electron chi connectivity index (χ3n) is 4.55. The molecule has 2 rings (SSSR count). The molecule has 0 saturated heterocycles. The zero-order valence-corrected chi connectivity index (χ0v) is 11.5. The van der Waals surface area contributed by atoms with E-state index in [0.717, 1.165) is 13.0 Å². The van der Waals surface area contributed by atoms with E-state index >= 15 is 0 Å². The molecule has 2 N–H and O–H groups in total. The number of hydrogen-bond donors (Lipinski definition) is 1. The number of hydrogen-bond acceptors (Lipinski definition) is 3. The first-order chi connectivity index (χ1) is 8.02. The Balaban J connectivity index is 1.80. The van der Waals surface area contributed by atoms with Crippen molar-refractivity contribution in [2.45, 2.75) is 37.3 Å². The molecule has 0 amide bonds. The first kappa shape index (κ1) is 13.1. The van der Waals surface area contributed by atoms with Crippen LogP contribution in [-0.2, 0) is 0 Å². The van der Waals surface area contributed by atoms with Crippen LogP contribution in [0.15, 0.2) is 12.2 Å². The van der Waals surface area contributed by atoms with E-state index in [-0.39, 0.29) is 0 Å². The standard InChI is InChI=1S/C14H27N3/c1-16(2)14(7-4-8-14)11-17(3)10-12-5-6-13(15)9-12/h5-6,12-13H,4,7-11,15H2,1-3H3. The predicted molar refractivity (Wildman–Crippen MR) is 73.0 cm³/mol. The van der Waals surface area contributed by atoms with Gasteiger partial charge in [-0.1, -0.05) is 12.2 Å². The molecule has 2 aliphatic rings. The highest BCUT2D eigenvalue weighted by molar-refractivity contribution is 5.06. The van der Waals surface area contributed by atoms with Crippen molar-refractivity contribution in [2.24, 2.45) is 11.7 Å². The quantitative estimate of drug-likeness (QED) is 0.732. The van der Waals surface area contributed by atoms with E-state index in [1.807, 2.05) is 0 Å². The molecule has 17 heavy (non-hydrogen) atoms. The molecule has 0 bridgehead atoms. The van der Waals surface area contributed by atoms with E-state index in [2.05, 4.69) is 43.1 Å². The zero-order valence-electron chi connectivity index (χ0n) is 11.5. The monoisotopic (exact) mass is 237 g/mol. The van der Waals surface area contributed by atoms with Crippen molar-refractivity contribution in [3.63, 3.8) is 0 Å². The van der Waals surface area contributed by atoms with Crippen LogP contribution in [-0.4, -0.2) is 55.6 Å². The van der Waals surface area contributed by atoms with Crippen molar-refractivity contribution in [3.05, 3.63) is 12.2 Å². The number of nitrogens with two attached hydrogens (primary N) is 1. The van der Waals surface area contributed by atoms with Crippen molar-refractivity contribution in [1.29, 1.82) is 0 Å². The van der Waals surface area contributed by atoms with Gasteiger partial charge in [0.15, 0.2) is 0 Å². The van der Waals surface area contributed by atoms with Gasteiger partial charge in [-0.3, -0.25) is 0 Å². The fourth-order valence-corrected chi connectivity index (χ4v) is 3.24. The van der Waals surface area contributed by atoms with Crippen LogP contribution in [0, 0.1) is 5.92 Å². The summed E-state index contributed by atoms with van der Waals surface area (Å²) in [6.07, 6.45) is 9.67. The molecule has 3 nitrogen and oxygen atoms in total. The third-order valence-corrected chi connectivity index (χ3v) is 4.55. The van der Waals surface area contributed by atoms with Crippen LogP contribution < -0.4 is 5.73 Å². The number of nitrogens with zero attached hydrogens (tertiary/aromatic N) is 2. The van der Waals surface area contributed by atoms with Gasteiger partial charge in [-0.05, 0) is 52.7 Å². The maximum atomic E-state index is 5.90. The summed E-state index contributed by atoms with van der Waals surface area (Å²) in [5, 5.41) is 0. The third kappa shape index (κ3) is 2.90. The molecule has 0 aliphatic heterocycles. The summed E-state index contributed by atoms with van der Waals surface area (Å²) in [6.45, 7) is 2.35. The summed E-state index contributed by atoms with van der Waals surface area (Å²) in [4.78, 5) is 4.91. The summed E-state index contributed by atoms with van der Waals surface area (Å²) in [7, 11) is 6.69. The molecule has 0 spiro atoms. The van der Waals surface area contributed by atoms with E-state index in [4.69, 9.17) is 5.73 Å². The molecule has 0 aromatic rings. The topological polar surface area (TPSA) is 32.5 Å². The molecule has 3 heteroatoms. The number of likely N-dealkylation sites (N-methyl/N-ethyl adjacent to an activating group) is 2. The van der Waals surface area contributed by atoms with Crippen LogP contribution in [0.1, 0.15) is 25.7 Å². The summed E-state index contributed by atoms with van der Waals surface area (Å²) in [5.74, 6) is 0.661. The summed E-state index contributed by atoms with van der Waals surface area (Å²) < 4.78 is 0. The van der Waals surface area contributed by atoms with Crippen LogP contribution in [0.3, 0.4) is 0 Å². The van der Waals surface area contributed by atoms with E-state index < -0.39 is 0 Å². The molecule has 0 aromatic heterocycles. The van der Waals surface area contributed by atoms with Gasteiger partial charge >= 0.3 is 0 Å². The van der Waals surface area contributed by atoms with Gasteiger partial charge in [-0.2, -0.15) is 0 Å². The average molecular weight is 237 g/mol. The minimum absolute atomic E-state index is 0.292. The van der Waals surface area contributed by atoms with Crippen LogP contribution in [0.2, 0.25) is 0 Å². The van der Waals surface area contributed by atoms with Gasteiger partial charge in [0.2, 0.25) is 0 Å². The first-order valence-electron chi connectivity index (χ1n) is 6.82. The van der Waals surface area contributed by atoms with Gasteiger partial charge < -0.3 is 15.5 Å². The molecule has 98 valence electrons. The molecule has 0 heterocycles. The second kappa shape index (κ2) is 5.09. The first-order valence-corrected chi connectivity index (χ1v) is 6.82. The smallest absolute Gasteiger partial charge is 0.0330 e. The van der Waals surface area contributed by atoms with E-state index in [1.54, 1.807) is 0 Å². The molecule has 2 atom stereocenters. The Morgan fingerprint density at radius 1 is 1.24 bits per heavy atom. The largest absolute Gasteiger partial charge is 0.324 e. The Hall–Kier alpha value is -0.380. The molecule has 0 radical (unpaired) electrons. The maximum absolute atomic E-state index is 5.90. The SMILES string of the molecule is CN(CC1C=CC(N)C1)CC1(N(C)C)CCC1. The summed E-state index contributed by atoms with van der Waals surface area (Å²) in [5.41, 5.74) is 6.34. The Morgan fingerprint density at radius 3 is 2.35 bits per heavy atom. The highest BCUT2D eigenvalue weighted by atomic mass is 15.2. The van der Waals surface area contributed by atoms with Crippen LogP contribution in [0.4, 0.5) is 0 Å². The van der Waals surface area contributed by atoms with Crippen molar-refractivity contribution in [3.8, 4) is 0 Å². The van der Waals surface area contributed by atoms with Gasteiger partial charge in [0.05, 0.1) is 0 Å². The van der Waals surface area contributed by atoms with E-state index in [0.29, 0.717) is 17.5 Å². The normalized spacial score (nSPS) is 31.2. The van der Waals surface area contributed by atoms with Gasteiger partial charge in [0.25, 0.3) is 0 Å². The minimum atomic E-state index is 0.292. The summed E-state index contributed by atoms with van der Waals surface area (Å²) >= 11 is 0. The second-order valence-corrected chi connectivity index (χ2v) is 6.21. The number of rotatable bonds is 5. The van der Waals surface area contributed by atoms with Crippen molar-refractivity contribution in [2.75, 3.05) is 34.2 Å². The molecule has 1 fully saturated rings. The van der Waals surface area contributed by atoms with Crippen LogP contribution in [0.5, 0.6) is 0 Å². The fraction of sp³-hybridized carbons (Fsp3) is 0.857. The maximum Gasteiger partial charge on any atom is 0.0330 e. The Bertz CT molecular complexity index is 281. The lowest BCUT2D eigenvalue weighted by Gasteiger charge is -2.49. The lowest BCUT2D eigenvalue weighted by Crippen LogP contribution is -2.57. The fourth-order valence-electron chi connectivity index (χ4n) is 3.24. The van der Waals surface area contributed by atoms with Gasteiger partial charge in [-0.15, -0.1) is 0 Å². The van der Waals surface area contributed by atoms with Gasteiger partial charge in [-0.25, -0.2) is 0 Å². The molecular formula is C14H27N3. The lowest BCUT2D eigenvalue weighted by molar-refractivity contribution is 0.0255. The Labute approximate surface area is 106 Å². The van der Waals surface area contributed by atoms with Crippen molar-refractivity contribution < 1.29 is 0 Å².